The molecular formula is C25H23ClFN3O4. The van der Waals surface area contributed by atoms with Gasteiger partial charge in [0, 0.05) is 61.5 Å². The lowest BCUT2D eigenvalue weighted by molar-refractivity contribution is -0.129. The van der Waals surface area contributed by atoms with E-state index in [1.165, 1.54) is 17.0 Å². The summed E-state index contributed by atoms with van der Waals surface area (Å²) in [5.74, 6) is -1.37. The average Bonchev–Trinajstić information content (AvgIpc) is 3.28. The minimum absolute atomic E-state index is 0.0214. The summed E-state index contributed by atoms with van der Waals surface area (Å²) in [6, 6.07) is 11.2. The zero-order valence-electron chi connectivity index (χ0n) is 18.8. The Labute approximate surface area is 200 Å². The van der Waals surface area contributed by atoms with Crippen LogP contribution in [0.1, 0.15) is 39.3 Å². The number of fused-ring (bicyclic) bond motifs is 3. The number of ether oxygens (including phenoxy) is 1. The second-order valence-electron chi connectivity index (χ2n) is 8.97. The van der Waals surface area contributed by atoms with Crippen LogP contribution in [-0.4, -0.2) is 59.3 Å². The number of nitrogens with zero attached hydrogens (tertiary/aromatic N) is 3. The highest BCUT2D eigenvalue weighted by Gasteiger charge is 2.48. The normalized spacial score (nSPS) is 16.6. The summed E-state index contributed by atoms with van der Waals surface area (Å²) >= 11 is 6.15. The molecule has 9 heteroatoms. The molecule has 2 aliphatic heterocycles. The maximum Gasteiger partial charge on any atom is 0.339 e. The highest BCUT2D eigenvalue weighted by molar-refractivity contribution is 6.31. The number of likely N-dealkylation sites (N-methyl/N-ethyl adjacent to an activating group) is 1. The molecule has 2 amide bonds. The van der Waals surface area contributed by atoms with Crippen LogP contribution in [0, 0.1) is 5.82 Å². The molecule has 3 heterocycles. The number of piperidine rings is 1. The van der Waals surface area contributed by atoms with Crippen LogP contribution in [0.2, 0.25) is 5.02 Å². The van der Waals surface area contributed by atoms with Crippen LogP contribution in [0.25, 0.3) is 10.9 Å². The van der Waals surface area contributed by atoms with E-state index >= 15 is 0 Å². The fourth-order valence-electron chi connectivity index (χ4n) is 4.84. The van der Waals surface area contributed by atoms with Crippen LogP contribution in [0.5, 0.6) is 0 Å². The van der Waals surface area contributed by atoms with E-state index < -0.39 is 17.4 Å². The summed E-state index contributed by atoms with van der Waals surface area (Å²) in [5.41, 5.74) is 1.22. The van der Waals surface area contributed by atoms with E-state index in [9.17, 15) is 18.8 Å². The first kappa shape index (κ1) is 22.4. The largest absolute Gasteiger partial charge is 0.450 e. The first-order valence-electron chi connectivity index (χ1n) is 11.0. The van der Waals surface area contributed by atoms with Crippen LogP contribution < -0.4 is 0 Å². The number of aromatic nitrogens is 1. The van der Waals surface area contributed by atoms with Gasteiger partial charge in [-0.05, 0) is 36.4 Å². The molecule has 3 aromatic rings. The van der Waals surface area contributed by atoms with Gasteiger partial charge in [-0.2, -0.15) is 0 Å². The summed E-state index contributed by atoms with van der Waals surface area (Å²) in [6.45, 7) is 0.729. The van der Waals surface area contributed by atoms with Crippen molar-refractivity contribution in [3.8, 4) is 0 Å². The third-order valence-corrected chi connectivity index (χ3v) is 6.95. The maximum atomic E-state index is 13.6. The molecule has 5 rings (SSSR count). The zero-order valence-corrected chi connectivity index (χ0v) is 19.6. The summed E-state index contributed by atoms with van der Waals surface area (Å²) in [7, 11) is 3.34. The molecule has 0 N–H and O–H groups in total. The van der Waals surface area contributed by atoms with Crippen molar-refractivity contribution in [1.29, 1.82) is 0 Å². The van der Waals surface area contributed by atoms with Crippen LogP contribution in [0.4, 0.5) is 4.39 Å². The Balaban J connectivity index is 1.43. The quantitative estimate of drug-likeness (QED) is 0.531. The molecule has 7 nitrogen and oxygen atoms in total. The molecule has 176 valence electrons. The smallest absolute Gasteiger partial charge is 0.339 e. The highest BCUT2D eigenvalue weighted by atomic mass is 35.5. The van der Waals surface area contributed by atoms with Crippen molar-refractivity contribution in [2.45, 2.75) is 25.0 Å². The van der Waals surface area contributed by atoms with E-state index in [2.05, 4.69) is 0 Å². The van der Waals surface area contributed by atoms with Crippen molar-refractivity contribution in [3.05, 3.63) is 70.1 Å². The summed E-state index contributed by atoms with van der Waals surface area (Å²) in [5, 5.41) is 1.32. The lowest BCUT2D eigenvalue weighted by atomic mass is 9.83. The van der Waals surface area contributed by atoms with Crippen LogP contribution in [0.3, 0.4) is 0 Å². The molecule has 1 aromatic heterocycles. The molecule has 0 unspecified atom stereocenters. The minimum atomic E-state index is -0.849. The molecule has 1 fully saturated rings. The van der Waals surface area contributed by atoms with Crippen molar-refractivity contribution in [2.24, 2.45) is 0 Å². The van der Waals surface area contributed by atoms with E-state index in [1.807, 2.05) is 0 Å². The molecule has 0 atom stereocenters. The van der Waals surface area contributed by atoms with Gasteiger partial charge < -0.3 is 19.1 Å². The number of benzene rings is 2. The van der Waals surface area contributed by atoms with E-state index in [1.54, 1.807) is 53.9 Å². The van der Waals surface area contributed by atoms with Gasteiger partial charge in [-0.1, -0.05) is 17.7 Å². The maximum absolute atomic E-state index is 13.6. The number of carbonyl (C=O) groups is 3. The van der Waals surface area contributed by atoms with Gasteiger partial charge in [0.2, 0.25) is 5.91 Å². The lowest BCUT2D eigenvalue weighted by Gasteiger charge is -2.38. The third-order valence-electron chi connectivity index (χ3n) is 6.71. The van der Waals surface area contributed by atoms with Gasteiger partial charge in [-0.15, -0.1) is 0 Å². The average molecular weight is 484 g/mol. The van der Waals surface area contributed by atoms with Gasteiger partial charge in [0.15, 0.2) is 0 Å². The lowest BCUT2D eigenvalue weighted by Crippen LogP contribution is -2.46. The van der Waals surface area contributed by atoms with Gasteiger partial charge in [-0.25, -0.2) is 9.18 Å². The summed E-state index contributed by atoms with van der Waals surface area (Å²) in [6.07, 6.45) is 0.817. The molecule has 0 aliphatic carbocycles. The van der Waals surface area contributed by atoms with Crippen molar-refractivity contribution < 1.29 is 23.5 Å². The van der Waals surface area contributed by atoms with Gasteiger partial charge >= 0.3 is 5.97 Å². The van der Waals surface area contributed by atoms with Crippen molar-refractivity contribution in [2.75, 3.05) is 27.2 Å². The fraction of sp³-hybridized carbons (Fsp3) is 0.320. The molecule has 0 radical (unpaired) electrons. The molecular weight excluding hydrogens is 461 g/mol. The van der Waals surface area contributed by atoms with Crippen LogP contribution in [0.15, 0.2) is 42.5 Å². The number of likely N-dealkylation sites (tertiary alicyclic amines) is 1. The number of hydrogen-bond acceptors (Lipinski definition) is 4. The molecule has 1 saturated heterocycles. The predicted octanol–water partition coefficient (Wildman–Crippen LogP) is 3.82. The van der Waals surface area contributed by atoms with Crippen LogP contribution >= 0.6 is 11.6 Å². The molecule has 34 heavy (non-hydrogen) atoms. The minimum Gasteiger partial charge on any atom is -0.450 e. The SMILES string of the molecule is CN(C)C(=O)Cn1c(C(=O)N2CCC3(CC2)OC(=O)c2cc(F)ccc23)cc2cc(Cl)ccc21. The topological polar surface area (TPSA) is 71.8 Å². The summed E-state index contributed by atoms with van der Waals surface area (Å²) in [4.78, 5) is 41.6. The third kappa shape index (κ3) is 3.62. The second-order valence-corrected chi connectivity index (χ2v) is 9.41. The van der Waals surface area contributed by atoms with E-state index in [0.29, 0.717) is 42.2 Å². The number of carbonyl (C=O) groups excluding carboxylic acids is 3. The Morgan fingerprint density at radius 2 is 1.85 bits per heavy atom. The second kappa shape index (κ2) is 8.13. The van der Waals surface area contributed by atoms with Crippen molar-refractivity contribution in [1.82, 2.24) is 14.4 Å². The van der Waals surface area contributed by atoms with Crippen molar-refractivity contribution >= 4 is 40.3 Å². The van der Waals surface area contributed by atoms with Crippen molar-refractivity contribution in [3.63, 3.8) is 0 Å². The van der Waals surface area contributed by atoms with E-state index in [-0.39, 0.29) is 23.9 Å². The highest BCUT2D eigenvalue weighted by Crippen LogP contribution is 2.44. The van der Waals surface area contributed by atoms with E-state index in [4.69, 9.17) is 16.3 Å². The molecule has 0 bridgehead atoms. The number of esters is 1. The molecule has 2 aliphatic rings. The number of hydrogen-bond donors (Lipinski definition) is 0. The number of rotatable bonds is 3. The Bertz CT molecular complexity index is 1340. The fourth-order valence-corrected chi connectivity index (χ4v) is 5.02. The molecule has 2 aromatic carbocycles. The monoisotopic (exact) mass is 483 g/mol. The van der Waals surface area contributed by atoms with E-state index in [0.717, 1.165) is 10.9 Å². The number of amides is 2. The predicted molar refractivity (Wildman–Crippen MR) is 124 cm³/mol. The Kier molecular flexibility index (Phi) is 5.36. The summed E-state index contributed by atoms with van der Waals surface area (Å²) < 4.78 is 21.1. The first-order chi connectivity index (χ1) is 16.2. The zero-order chi connectivity index (χ0) is 24.2. The number of halogens is 2. The Hall–Kier alpha value is -3.39. The van der Waals surface area contributed by atoms with Crippen LogP contribution in [-0.2, 0) is 21.7 Å². The van der Waals surface area contributed by atoms with Gasteiger partial charge in [0.05, 0.1) is 5.56 Å². The Morgan fingerprint density at radius 3 is 2.56 bits per heavy atom. The first-order valence-corrected chi connectivity index (χ1v) is 11.4. The Morgan fingerprint density at radius 1 is 1.12 bits per heavy atom. The van der Waals surface area contributed by atoms with Gasteiger partial charge in [0.25, 0.3) is 5.91 Å². The van der Waals surface area contributed by atoms with Gasteiger partial charge in [-0.3, -0.25) is 9.59 Å². The molecule has 1 spiro atoms. The molecule has 0 saturated carbocycles. The standard InChI is InChI=1S/C25H23ClFN3O4/c1-28(2)22(31)14-30-20-6-3-16(26)11-15(20)12-21(30)23(32)29-9-7-25(8-10-29)19-5-4-17(27)13-18(19)24(33)34-25/h3-6,11-13H,7-10,14H2,1-2H3. The van der Waals surface area contributed by atoms with Gasteiger partial charge in [0.1, 0.15) is 23.7 Å².